The van der Waals surface area contributed by atoms with Gasteiger partial charge in [0.25, 0.3) is 5.91 Å². The molecule has 1 aromatic carbocycles. The van der Waals surface area contributed by atoms with Crippen LogP contribution in [0.5, 0.6) is 0 Å². The molecule has 3 aromatic rings. The number of thiazole rings is 1. The minimum Gasteiger partial charge on any atom is -0.351 e. The summed E-state index contributed by atoms with van der Waals surface area (Å²) < 4.78 is 13.6. The van der Waals surface area contributed by atoms with Gasteiger partial charge in [0.1, 0.15) is 5.82 Å². The van der Waals surface area contributed by atoms with Crippen LogP contribution in [0.2, 0.25) is 0 Å². The monoisotopic (exact) mass is 403 g/mol. The molecule has 0 aliphatic heterocycles. The van der Waals surface area contributed by atoms with Crippen LogP contribution < -0.4 is 10.6 Å². The minimum absolute atomic E-state index is 0.162. The van der Waals surface area contributed by atoms with E-state index in [1.807, 2.05) is 11.4 Å². The number of anilines is 1. The number of hydrogen-bond acceptors (Lipinski definition) is 5. The molecule has 0 saturated heterocycles. The van der Waals surface area contributed by atoms with E-state index >= 15 is 0 Å². The van der Waals surface area contributed by atoms with Crippen molar-refractivity contribution in [3.8, 4) is 0 Å². The predicted molar refractivity (Wildman–Crippen MR) is 106 cm³/mol. The molecule has 0 bridgehead atoms. The topological polar surface area (TPSA) is 71.1 Å². The molecule has 140 valence electrons. The van der Waals surface area contributed by atoms with Crippen LogP contribution in [0.1, 0.15) is 32.1 Å². The fourth-order valence-corrected chi connectivity index (χ4v) is 3.86. The highest BCUT2D eigenvalue weighted by atomic mass is 32.1. The number of halogens is 1. The van der Waals surface area contributed by atoms with E-state index in [0.717, 1.165) is 10.4 Å². The van der Waals surface area contributed by atoms with Crippen LogP contribution >= 0.6 is 22.7 Å². The molecule has 0 saturated carbocycles. The van der Waals surface area contributed by atoms with Gasteiger partial charge in [0, 0.05) is 30.5 Å². The lowest BCUT2D eigenvalue weighted by Crippen LogP contribution is -2.27. The molecule has 3 rings (SSSR count). The number of thiophene rings is 1. The lowest BCUT2D eigenvalue weighted by molar-refractivity contribution is -0.116. The lowest BCUT2D eigenvalue weighted by atomic mass is 10.1. The van der Waals surface area contributed by atoms with E-state index in [0.29, 0.717) is 22.0 Å². The predicted octanol–water partition coefficient (Wildman–Crippen LogP) is 4.00. The molecule has 0 atom stereocenters. The van der Waals surface area contributed by atoms with Gasteiger partial charge < -0.3 is 10.6 Å². The Morgan fingerprint density at radius 3 is 2.85 bits per heavy atom. The fraction of sp³-hybridized carbons (Fsp3) is 0.211. The Kier molecular flexibility index (Phi) is 6.31. The van der Waals surface area contributed by atoms with Crippen LogP contribution in [0, 0.1) is 12.7 Å². The van der Waals surface area contributed by atoms with E-state index in [4.69, 9.17) is 0 Å². The Balaban J connectivity index is 1.46. The Morgan fingerprint density at radius 1 is 1.26 bits per heavy atom. The van der Waals surface area contributed by atoms with Crippen molar-refractivity contribution in [2.24, 2.45) is 0 Å². The van der Waals surface area contributed by atoms with Crippen molar-refractivity contribution in [3.63, 3.8) is 0 Å². The zero-order valence-electron chi connectivity index (χ0n) is 14.6. The van der Waals surface area contributed by atoms with Gasteiger partial charge in [-0.1, -0.05) is 18.2 Å². The van der Waals surface area contributed by atoms with E-state index in [-0.39, 0.29) is 30.6 Å². The van der Waals surface area contributed by atoms with Crippen LogP contribution in [-0.2, 0) is 11.2 Å². The summed E-state index contributed by atoms with van der Waals surface area (Å²) >= 11 is 2.71. The third-order valence-electron chi connectivity index (χ3n) is 3.80. The second kappa shape index (κ2) is 8.88. The number of hydrogen-bond donors (Lipinski definition) is 2. The standard InChI is InChI=1S/C19H18FN3O2S2/c1-12-4-5-13(10-15(12)20)9-14-11-22-19(27-14)23-17(24)6-7-21-18(25)16-3-2-8-26-16/h2-5,8,10-11H,6-7,9H2,1H3,(H,21,25)(H,22,23,24). The molecule has 0 unspecified atom stereocenters. The second-order valence-electron chi connectivity index (χ2n) is 5.92. The number of aryl methyl sites for hydroxylation is 1. The molecule has 2 aromatic heterocycles. The maximum absolute atomic E-state index is 13.6. The number of rotatable bonds is 7. The molecule has 0 aliphatic carbocycles. The number of carbonyl (C=O) groups is 2. The van der Waals surface area contributed by atoms with Gasteiger partial charge in [-0.3, -0.25) is 9.59 Å². The molecule has 0 radical (unpaired) electrons. The van der Waals surface area contributed by atoms with Crippen LogP contribution in [0.4, 0.5) is 9.52 Å². The summed E-state index contributed by atoms with van der Waals surface area (Å²) in [6.07, 6.45) is 2.40. The summed E-state index contributed by atoms with van der Waals surface area (Å²) in [5.74, 6) is -0.626. The summed E-state index contributed by atoms with van der Waals surface area (Å²) in [5.41, 5.74) is 1.47. The van der Waals surface area contributed by atoms with E-state index < -0.39 is 0 Å². The first-order valence-electron chi connectivity index (χ1n) is 8.32. The van der Waals surface area contributed by atoms with Gasteiger partial charge in [-0.2, -0.15) is 0 Å². The first-order valence-corrected chi connectivity index (χ1v) is 10.0. The van der Waals surface area contributed by atoms with E-state index in [1.54, 1.807) is 31.3 Å². The maximum Gasteiger partial charge on any atom is 0.261 e. The highest BCUT2D eigenvalue weighted by molar-refractivity contribution is 7.15. The van der Waals surface area contributed by atoms with Gasteiger partial charge in [-0.05, 0) is 35.6 Å². The molecule has 0 spiro atoms. The summed E-state index contributed by atoms with van der Waals surface area (Å²) in [4.78, 5) is 29.5. The minimum atomic E-state index is -0.227. The van der Waals surface area contributed by atoms with E-state index in [2.05, 4.69) is 15.6 Å². The summed E-state index contributed by atoms with van der Waals surface area (Å²) in [6.45, 7) is 1.98. The third kappa shape index (κ3) is 5.45. The quantitative estimate of drug-likeness (QED) is 0.626. The molecule has 0 aliphatic rings. The Labute approximate surface area is 164 Å². The van der Waals surface area contributed by atoms with Crippen molar-refractivity contribution < 1.29 is 14.0 Å². The molecular formula is C19H18FN3O2S2. The Morgan fingerprint density at radius 2 is 2.11 bits per heavy atom. The van der Waals surface area contributed by atoms with Crippen molar-refractivity contribution in [2.75, 3.05) is 11.9 Å². The average Bonchev–Trinajstić information content (AvgIpc) is 3.30. The highest BCUT2D eigenvalue weighted by Gasteiger charge is 2.10. The van der Waals surface area contributed by atoms with E-state index in [9.17, 15) is 14.0 Å². The lowest BCUT2D eigenvalue weighted by Gasteiger charge is -2.04. The van der Waals surface area contributed by atoms with Gasteiger partial charge in [-0.15, -0.1) is 22.7 Å². The Hall–Kier alpha value is -2.58. The smallest absolute Gasteiger partial charge is 0.261 e. The molecule has 2 amide bonds. The number of nitrogens with one attached hydrogen (secondary N) is 2. The van der Waals surface area contributed by atoms with Crippen molar-refractivity contribution in [2.45, 2.75) is 19.8 Å². The zero-order chi connectivity index (χ0) is 19.2. The van der Waals surface area contributed by atoms with Crippen molar-refractivity contribution in [1.82, 2.24) is 10.3 Å². The van der Waals surface area contributed by atoms with Gasteiger partial charge in [0.05, 0.1) is 4.88 Å². The van der Waals surface area contributed by atoms with Crippen LogP contribution in [-0.4, -0.2) is 23.3 Å². The average molecular weight is 404 g/mol. The number of carbonyl (C=O) groups excluding carboxylic acids is 2. The first kappa shape index (κ1) is 19.2. The fourth-order valence-electron chi connectivity index (χ4n) is 2.36. The first-order chi connectivity index (χ1) is 13.0. The molecule has 0 fully saturated rings. The summed E-state index contributed by atoms with van der Waals surface area (Å²) in [6, 6.07) is 8.68. The largest absolute Gasteiger partial charge is 0.351 e. The molecular weight excluding hydrogens is 385 g/mol. The van der Waals surface area contributed by atoms with Crippen LogP contribution in [0.15, 0.2) is 41.9 Å². The summed E-state index contributed by atoms with van der Waals surface area (Å²) in [5, 5.41) is 7.75. The number of nitrogens with zero attached hydrogens (tertiary/aromatic N) is 1. The van der Waals surface area contributed by atoms with Gasteiger partial charge in [-0.25, -0.2) is 9.37 Å². The van der Waals surface area contributed by atoms with Crippen molar-refractivity contribution >= 4 is 39.6 Å². The van der Waals surface area contributed by atoms with Gasteiger partial charge >= 0.3 is 0 Å². The SMILES string of the molecule is Cc1ccc(Cc2cnc(NC(=O)CCNC(=O)c3cccs3)s2)cc1F. The number of benzene rings is 1. The third-order valence-corrected chi connectivity index (χ3v) is 5.58. The second-order valence-corrected chi connectivity index (χ2v) is 7.99. The number of amides is 2. The number of aromatic nitrogens is 1. The summed E-state index contributed by atoms with van der Waals surface area (Å²) in [7, 11) is 0. The van der Waals surface area contributed by atoms with E-state index in [1.165, 1.54) is 28.7 Å². The van der Waals surface area contributed by atoms with Crippen molar-refractivity contribution in [1.29, 1.82) is 0 Å². The van der Waals surface area contributed by atoms with Gasteiger partial charge in [0.2, 0.25) is 5.91 Å². The Bertz CT molecular complexity index is 938. The maximum atomic E-state index is 13.6. The molecule has 8 heteroatoms. The van der Waals surface area contributed by atoms with Gasteiger partial charge in [0.15, 0.2) is 5.13 Å². The normalized spacial score (nSPS) is 10.6. The van der Waals surface area contributed by atoms with Crippen molar-refractivity contribution in [3.05, 3.63) is 68.6 Å². The molecule has 27 heavy (non-hydrogen) atoms. The molecule has 2 heterocycles. The zero-order valence-corrected chi connectivity index (χ0v) is 16.3. The van der Waals surface area contributed by atoms with Crippen LogP contribution in [0.25, 0.3) is 0 Å². The molecule has 2 N–H and O–H groups in total. The highest BCUT2D eigenvalue weighted by Crippen LogP contribution is 2.22. The van der Waals surface area contributed by atoms with Crippen LogP contribution in [0.3, 0.4) is 0 Å². The molecule has 5 nitrogen and oxygen atoms in total.